The number of anilines is 1. The molecule has 0 saturated carbocycles. The van der Waals surface area contributed by atoms with Crippen molar-refractivity contribution in [3.63, 3.8) is 0 Å². The Morgan fingerprint density at radius 1 is 1.11 bits per heavy atom. The van der Waals surface area contributed by atoms with E-state index in [0.717, 1.165) is 10.1 Å². The first kappa shape index (κ1) is 20.9. The summed E-state index contributed by atoms with van der Waals surface area (Å²) in [4.78, 5) is 47.3. The molecule has 0 radical (unpaired) electrons. The molecule has 0 aliphatic carbocycles. The average Bonchev–Trinajstić information content (AvgIpc) is 2.67. The molecule has 1 aromatic heterocycles. The summed E-state index contributed by atoms with van der Waals surface area (Å²) in [5.74, 6) is -0.529. The van der Waals surface area contributed by atoms with E-state index in [2.05, 4.69) is 10.6 Å². The second-order valence-electron chi connectivity index (χ2n) is 6.73. The van der Waals surface area contributed by atoms with Gasteiger partial charge in [0.25, 0.3) is 5.56 Å². The van der Waals surface area contributed by atoms with Crippen LogP contribution >= 0.6 is 0 Å². The molecule has 1 heterocycles. The summed E-state index contributed by atoms with van der Waals surface area (Å²) < 4.78 is 2.26. The zero-order valence-electron chi connectivity index (χ0n) is 16.4. The molecule has 148 valence electrons. The maximum atomic E-state index is 12.0. The summed E-state index contributed by atoms with van der Waals surface area (Å²) in [6, 6.07) is 7.16. The molecule has 0 unspecified atom stereocenters. The molecule has 2 rings (SSSR count). The molecule has 8 nitrogen and oxygen atoms in total. The Kier molecular flexibility index (Phi) is 6.70. The van der Waals surface area contributed by atoms with Crippen LogP contribution < -0.4 is 21.9 Å². The molecule has 2 N–H and O–H groups in total. The summed E-state index contributed by atoms with van der Waals surface area (Å²) >= 11 is 0. The predicted molar refractivity (Wildman–Crippen MR) is 108 cm³/mol. The quantitative estimate of drug-likeness (QED) is 0.726. The number of carbonyl (C=O) groups excluding carboxylic acids is 2. The van der Waals surface area contributed by atoms with Crippen LogP contribution in [0, 0.1) is 5.92 Å². The lowest BCUT2D eigenvalue weighted by Crippen LogP contribution is -2.37. The van der Waals surface area contributed by atoms with Crippen LogP contribution in [-0.4, -0.2) is 20.9 Å². The highest BCUT2D eigenvalue weighted by atomic mass is 16.2. The summed E-state index contributed by atoms with van der Waals surface area (Å²) in [6.07, 6.45) is 4.01. The minimum atomic E-state index is -0.466. The molecule has 1 aromatic carbocycles. The lowest BCUT2D eigenvalue weighted by Gasteiger charge is -2.08. The minimum absolute atomic E-state index is 0.0595. The van der Waals surface area contributed by atoms with E-state index in [-0.39, 0.29) is 23.3 Å². The van der Waals surface area contributed by atoms with E-state index >= 15 is 0 Å². The van der Waals surface area contributed by atoms with Crippen LogP contribution in [0.1, 0.15) is 25.0 Å². The van der Waals surface area contributed by atoms with Gasteiger partial charge in [-0.1, -0.05) is 26.0 Å². The normalized spacial score (nSPS) is 11.0. The molecule has 0 spiro atoms. The molecule has 0 saturated heterocycles. The van der Waals surface area contributed by atoms with E-state index in [9.17, 15) is 19.2 Å². The summed E-state index contributed by atoms with van der Waals surface area (Å²) in [5, 5.41) is 5.51. The Bertz CT molecular complexity index is 1010. The summed E-state index contributed by atoms with van der Waals surface area (Å²) in [7, 11) is 2.92. The number of hydrogen-bond acceptors (Lipinski definition) is 4. The van der Waals surface area contributed by atoms with Gasteiger partial charge in [-0.05, 0) is 23.8 Å². The number of aromatic nitrogens is 2. The Hall–Kier alpha value is -3.42. The minimum Gasteiger partial charge on any atom is -0.348 e. The van der Waals surface area contributed by atoms with Crippen molar-refractivity contribution in [2.75, 3.05) is 5.32 Å². The fourth-order valence-electron chi connectivity index (χ4n) is 2.36. The van der Waals surface area contributed by atoms with Crippen molar-refractivity contribution in [1.82, 2.24) is 14.5 Å². The molecule has 0 aliphatic rings. The van der Waals surface area contributed by atoms with Crippen LogP contribution in [0.2, 0.25) is 0 Å². The van der Waals surface area contributed by atoms with Crippen LogP contribution in [0.5, 0.6) is 0 Å². The first-order chi connectivity index (χ1) is 13.2. The molecule has 28 heavy (non-hydrogen) atoms. The largest absolute Gasteiger partial charge is 0.348 e. The van der Waals surface area contributed by atoms with Gasteiger partial charge in [0.15, 0.2) is 0 Å². The van der Waals surface area contributed by atoms with Gasteiger partial charge in [-0.25, -0.2) is 4.79 Å². The lowest BCUT2D eigenvalue weighted by atomic mass is 10.1. The fourth-order valence-corrected chi connectivity index (χ4v) is 2.36. The molecule has 2 amide bonds. The Morgan fingerprint density at radius 3 is 2.36 bits per heavy atom. The predicted octanol–water partition coefficient (Wildman–Crippen LogP) is 1.01. The number of benzene rings is 1. The topological polar surface area (TPSA) is 102 Å². The van der Waals surface area contributed by atoms with Crippen LogP contribution in [0.3, 0.4) is 0 Å². The number of hydrogen-bond donors (Lipinski definition) is 2. The highest BCUT2D eigenvalue weighted by Gasteiger charge is 2.07. The average molecular weight is 384 g/mol. The fraction of sp³-hybridized carbons (Fsp3) is 0.300. The van der Waals surface area contributed by atoms with Gasteiger partial charge in [0.05, 0.1) is 5.56 Å². The van der Waals surface area contributed by atoms with Crippen molar-refractivity contribution in [2.45, 2.75) is 20.4 Å². The van der Waals surface area contributed by atoms with Crippen molar-refractivity contribution in [1.29, 1.82) is 0 Å². The maximum absolute atomic E-state index is 12.0. The van der Waals surface area contributed by atoms with Crippen molar-refractivity contribution >= 4 is 23.6 Å². The van der Waals surface area contributed by atoms with Crippen molar-refractivity contribution in [2.24, 2.45) is 20.0 Å². The standard InChI is InChI=1S/C20H24N4O4/c1-13(2)18(26)22-16-8-5-14(6-9-16)11-21-17(25)10-7-15-12-23(3)20(28)24(4)19(15)27/h5-10,12-13H,11H2,1-4H3,(H,21,25)(H,22,26)/b10-7+. The third-order valence-electron chi connectivity index (χ3n) is 4.10. The molecule has 0 fully saturated rings. The van der Waals surface area contributed by atoms with Gasteiger partial charge in [0.2, 0.25) is 11.8 Å². The van der Waals surface area contributed by atoms with Crippen LogP contribution in [0.4, 0.5) is 5.69 Å². The Morgan fingerprint density at radius 2 is 1.75 bits per heavy atom. The number of rotatable bonds is 6. The first-order valence-corrected chi connectivity index (χ1v) is 8.81. The van der Waals surface area contributed by atoms with E-state index < -0.39 is 11.2 Å². The second-order valence-corrected chi connectivity index (χ2v) is 6.73. The zero-order valence-corrected chi connectivity index (χ0v) is 16.4. The van der Waals surface area contributed by atoms with Gasteiger partial charge < -0.3 is 15.2 Å². The number of amides is 2. The van der Waals surface area contributed by atoms with E-state index in [1.54, 1.807) is 12.1 Å². The second kappa shape index (κ2) is 8.98. The zero-order chi connectivity index (χ0) is 20.8. The van der Waals surface area contributed by atoms with Crippen LogP contribution in [0.25, 0.3) is 6.08 Å². The maximum Gasteiger partial charge on any atom is 0.330 e. The highest BCUT2D eigenvalue weighted by Crippen LogP contribution is 2.11. The molecule has 0 bridgehead atoms. The number of nitrogens with zero attached hydrogens (tertiary/aromatic N) is 2. The Labute approximate surface area is 162 Å². The van der Waals surface area contributed by atoms with Gasteiger partial charge in [-0.15, -0.1) is 0 Å². The molecule has 8 heteroatoms. The van der Waals surface area contributed by atoms with E-state index in [1.807, 2.05) is 26.0 Å². The molecular formula is C20H24N4O4. The van der Waals surface area contributed by atoms with Gasteiger partial charge in [-0.3, -0.25) is 19.0 Å². The van der Waals surface area contributed by atoms with Gasteiger partial charge >= 0.3 is 5.69 Å². The van der Waals surface area contributed by atoms with Gasteiger partial charge in [0.1, 0.15) is 0 Å². The van der Waals surface area contributed by atoms with E-state index in [0.29, 0.717) is 12.2 Å². The van der Waals surface area contributed by atoms with Gasteiger partial charge in [0, 0.05) is 44.5 Å². The monoisotopic (exact) mass is 384 g/mol. The summed E-state index contributed by atoms with van der Waals surface area (Å²) in [6.45, 7) is 3.93. The van der Waals surface area contributed by atoms with Crippen molar-refractivity contribution in [3.8, 4) is 0 Å². The lowest BCUT2D eigenvalue weighted by molar-refractivity contribution is -0.119. The SMILES string of the molecule is CC(C)C(=O)Nc1ccc(CNC(=O)/C=C/c2cn(C)c(=O)n(C)c2=O)cc1. The van der Waals surface area contributed by atoms with Crippen LogP contribution in [0.15, 0.2) is 46.1 Å². The third-order valence-corrected chi connectivity index (χ3v) is 4.10. The van der Waals surface area contributed by atoms with E-state index in [4.69, 9.17) is 0 Å². The van der Waals surface area contributed by atoms with Crippen LogP contribution in [-0.2, 0) is 30.2 Å². The summed E-state index contributed by atoms with van der Waals surface area (Å²) in [5.41, 5.74) is 0.900. The number of aryl methyl sites for hydroxylation is 1. The molecular weight excluding hydrogens is 360 g/mol. The first-order valence-electron chi connectivity index (χ1n) is 8.81. The number of nitrogens with one attached hydrogen (secondary N) is 2. The molecule has 0 aliphatic heterocycles. The third kappa shape index (κ3) is 5.29. The smallest absolute Gasteiger partial charge is 0.330 e. The van der Waals surface area contributed by atoms with E-state index in [1.165, 1.54) is 37.0 Å². The highest BCUT2D eigenvalue weighted by molar-refractivity contribution is 5.92. The molecule has 0 atom stereocenters. The molecule has 2 aromatic rings. The number of carbonyl (C=O) groups is 2. The van der Waals surface area contributed by atoms with Crippen molar-refractivity contribution < 1.29 is 9.59 Å². The Balaban J connectivity index is 1.96. The van der Waals surface area contributed by atoms with Crippen molar-refractivity contribution in [3.05, 3.63) is 68.5 Å². The van der Waals surface area contributed by atoms with Gasteiger partial charge in [-0.2, -0.15) is 0 Å².